The predicted octanol–water partition coefficient (Wildman–Crippen LogP) is 1.08. The number of imide groups is 2. The summed E-state index contributed by atoms with van der Waals surface area (Å²) in [5.74, 6) is -2.16. The molecule has 0 radical (unpaired) electrons. The Hall–Kier alpha value is -2.33. The number of carbonyl (C=O) groups is 4. The number of benzene rings is 1. The van der Waals surface area contributed by atoms with Crippen LogP contribution >= 0.6 is 22.6 Å². The van der Waals surface area contributed by atoms with Crippen LogP contribution in [-0.2, 0) is 52.2 Å². The van der Waals surface area contributed by atoms with E-state index in [2.05, 4.69) is 33.2 Å². The van der Waals surface area contributed by atoms with Crippen LogP contribution in [0.15, 0.2) is 18.2 Å². The average molecular weight is 824 g/mol. The van der Waals surface area contributed by atoms with E-state index in [1.54, 1.807) is 18.2 Å². The highest BCUT2D eigenvalue weighted by molar-refractivity contribution is 14.1. The zero-order valence-corrected chi connectivity index (χ0v) is 30.7. The molecule has 1 aromatic carbocycles. The van der Waals surface area contributed by atoms with E-state index in [1.807, 2.05) is 0 Å². The predicted molar refractivity (Wildman–Crippen MR) is 188 cm³/mol. The SMILES string of the molecule is O=C1CCC(N2C(=O)c3cccc(NCCOCCOCCOCCOCCOCCOCCOCCOCCOCCI)c3C2=O)C(=O)N1. The minimum atomic E-state index is -1.01. The smallest absolute Gasteiger partial charge is 0.264 e. The van der Waals surface area contributed by atoms with Crippen molar-refractivity contribution in [3.8, 4) is 0 Å². The molecule has 1 unspecified atom stereocenters. The number of anilines is 1. The van der Waals surface area contributed by atoms with Crippen molar-refractivity contribution >= 4 is 51.9 Å². The summed E-state index contributed by atoms with van der Waals surface area (Å²) in [6.07, 6.45) is 0.174. The van der Waals surface area contributed by atoms with Gasteiger partial charge in [0.05, 0.1) is 130 Å². The van der Waals surface area contributed by atoms with Crippen LogP contribution in [0.5, 0.6) is 0 Å². The molecule has 1 atom stereocenters. The van der Waals surface area contributed by atoms with Gasteiger partial charge in [-0.15, -0.1) is 0 Å². The molecule has 0 spiro atoms. The number of rotatable bonds is 31. The van der Waals surface area contributed by atoms with Gasteiger partial charge >= 0.3 is 0 Å². The summed E-state index contributed by atoms with van der Waals surface area (Å²) in [5, 5.41) is 5.33. The van der Waals surface area contributed by atoms with Crippen molar-refractivity contribution in [2.45, 2.75) is 18.9 Å². The zero-order chi connectivity index (χ0) is 35.7. The summed E-state index contributed by atoms with van der Waals surface area (Å²) < 4.78 is 50.1. The first kappa shape index (κ1) is 42.1. The molecule has 16 nitrogen and oxygen atoms in total. The van der Waals surface area contributed by atoms with Crippen LogP contribution in [0.3, 0.4) is 0 Å². The van der Waals surface area contributed by atoms with Gasteiger partial charge in [0.15, 0.2) is 0 Å². The van der Waals surface area contributed by atoms with E-state index in [4.69, 9.17) is 42.6 Å². The van der Waals surface area contributed by atoms with Gasteiger partial charge in [-0.1, -0.05) is 28.7 Å². The average Bonchev–Trinajstić information content (AvgIpc) is 3.36. The molecule has 2 heterocycles. The van der Waals surface area contributed by atoms with E-state index < -0.39 is 29.7 Å². The third-order valence-corrected chi connectivity index (χ3v) is 7.67. The van der Waals surface area contributed by atoms with E-state index in [9.17, 15) is 19.2 Å². The lowest BCUT2D eigenvalue weighted by Crippen LogP contribution is -2.54. The van der Waals surface area contributed by atoms with Crippen LogP contribution in [0.25, 0.3) is 0 Å². The van der Waals surface area contributed by atoms with Crippen molar-refractivity contribution in [1.29, 1.82) is 0 Å². The quantitative estimate of drug-likeness (QED) is 0.0471. The van der Waals surface area contributed by atoms with Gasteiger partial charge in [0.2, 0.25) is 11.8 Å². The van der Waals surface area contributed by atoms with Crippen molar-refractivity contribution in [1.82, 2.24) is 10.2 Å². The molecule has 1 fully saturated rings. The van der Waals surface area contributed by atoms with Gasteiger partial charge in [0, 0.05) is 23.1 Å². The number of fused-ring (bicyclic) bond motifs is 1. The van der Waals surface area contributed by atoms with Gasteiger partial charge in [-0.3, -0.25) is 29.4 Å². The molecule has 1 saturated heterocycles. The van der Waals surface area contributed by atoms with Gasteiger partial charge < -0.3 is 47.9 Å². The third-order valence-electron chi connectivity index (χ3n) is 7.23. The van der Waals surface area contributed by atoms with Crippen LogP contribution in [0.1, 0.15) is 33.6 Å². The largest absolute Gasteiger partial charge is 0.382 e. The van der Waals surface area contributed by atoms with Gasteiger partial charge in [-0.25, -0.2) is 0 Å². The highest BCUT2D eigenvalue weighted by atomic mass is 127. The summed E-state index contributed by atoms with van der Waals surface area (Å²) >= 11 is 2.27. The second-order valence-corrected chi connectivity index (χ2v) is 11.9. The lowest BCUT2D eigenvalue weighted by molar-refractivity contribution is -0.136. The Bertz CT molecular complexity index is 1160. The first-order valence-corrected chi connectivity index (χ1v) is 18.4. The van der Waals surface area contributed by atoms with Crippen molar-refractivity contribution < 1.29 is 61.8 Å². The molecule has 0 bridgehead atoms. The number of nitrogens with zero attached hydrogens (tertiary/aromatic N) is 1. The van der Waals surface area contributed by atoms with Gasteiger partial charge in [0.1, 0.15) is 6.04 Å². The van der Waals surface area contributed by atoms with Gasteiger partial charge in [0.25, 0.3) is 11.8 Å². The van der Waals surface area contributed by atoms with Crippen molar-refractivity contribution in [2.24, 2.45) is 0 Å². The van der Waals surface area contributed by atoms with Crippen LogP contribution < -0.4 is 10.6 Å². The maximum atomic E-state index is 13.1. The second kappa shape index (κ2) is 26.4. The van der Waals surface area contributed by atoms with Crippen LogP contribution in [0.4, 0.5) is 5.69 Å². The molecule has 0 aromatic heterocycles. The number of piperidine rings is 1. The Morgan fingerprint density at radius 1 is 0.620 bits per heavy atom. The molecular formula is C33H50IN3O13. The number of amides is 4. The topological polar surface area (TPSA) is 179 Å². The number of hydrogen-bond acceptors (Lipinski definition) is 14. The normalized spacial score (nSPS) is 15.9. The fourth-order valence-electron chi connectivity index (χ4n) is 4.84. The molecule has 4 amide bonds. The first-order valence-electron chi connectivity index (χ1n) is 16.9. The number of nitrogens with one attached hydrogen (secondary N) is 2. The maximum Gasteiger partial charge on any atom is 0.264 e. The van der Waals surface area contributed by atoms with Crippen LogP contribution in [-0.4, -0.2) is 164 Å². The number of halogens is 1. The molecule has 2 N–H and O–H groups in total. The lowest BCUT2D eigenvalue weighted by atomic mass is 10.0. The summed E-state index contributed by atoms with van der Waals surface area (Å²) in [4.78, 5) is 50.8. The third kappa shape index (κ3) is 15.9. The Balaban J connectivity index is 1.06. The van der Waals surface area contributed by atoms with Crippen molar-refractivity contribution in [3.05, 3.63) is 29.3 Å². The Morgan fingerprint density at radius 3 is 1.50 bits per heavy atom. The Kier molecular flexibility index (Phi) is 22.3. The minimum absolute atomic E-state index is 0.0682. The maximum absolute atomic E-state index is 13.1. The molecule has 282 valence electrons. The van der Waals surface area contributed by atoms with E-state index in [0.29, 0.717) is 125 Å². The molecule has 1 aromatic rings. The Labute approximate surface area is 306 Å². The van der Waals surface area contributed by atoms with Crippen LogP contribution in [0.2, 0.25) is 0 Å². The summed E-state index contributed by atoms with van der Waals surface area (Å²) in [7, 11) is 0. The monoisotopic (exact) mass is 823 g/mol. The molecule has 0 aliphatic carbocycles. The van der Waals surface area contributed by atoms with Gasteiger partial charge in [-0.05, 0) is 18.6 Å². The molecule has 17 heteroatoms. The highest BCUT2D eigenvalue weighted by Crippen LogP contribution is 2.32. The Morgan fingerprint density at radius 2 is 1.06 bits per heavy atom. The van der Waals surface area contributed by atoms with Crippen molar-refractivity contribution in [3.63, 3.8) is 0 Å². The van der Waals surface area contributed by atoms with E-state index in [-0.39, 0.29) is 24.0 Å². The van der Waals surface area contributed by atoms with E-state index >= 15 is 0 Å². The minimum Gasteiger partial charge on any atom is -0.382 e. The number of carbonyl (C=O) groups excluding carboxylic acids is 4. The fraction of sp³-hybridized carbons (Fsp3) is 0.697. The van der Waals surface area contributed by atoms with E-state index in [1.165, 1.54) is 0 Å². The molecule has 0 saturated carbocycles. The molecule has 2 aliphatic rings. The standard InChI is InChI=1S/C33H50IN3O13/c34-6-8-42-10-12-44-14-16-46-18-20-48-22-24-50-25-23-49-21-19-47-17-15-45-13-11-43-9-7-35-27-3-1-2-26-30(27)33(41)37(32(26)40)28-4-5-29(38)36-31(28)39/h1-3,28,35H,4-25H2,(H,36,38,39). The number of hydrogen-bond donors (Lipinski definition) is 2. The van der Waals surface area contributed by atoms with Crippen molar-refractivity contribution in [2.75, 3.05) is 135 Å². The molecule has 2 aliphatic heterocycles. The summed E-state index contributed by atoms with van der Waals surface area (Å²) in [5.41, 5.74) is 0.915. The molecule has 3 rings (SSSR count). The number of ether oxygens (including phenoxy) is 9. The van der Waals surface area contributed by atoms with Gasteiger partial charge in [-0.2, -0.15) is 0 Å². The fourth-order valence-corrected chi connectivity index (χ4v) is 5.15. The number of alkyl halides is 1. The second-order valence-electron chi connectivity index (χ2n) is 10.8. The highest BCUT2D eigenvalue weighted by Gasteiger charge is 2.45. The van der Waals surface area contributed by atoms with E-state index in [0.717, 1.165) is 15.9 Å². The van der Waals surface area contributed by atoms with Crippen LogP contribution in [0, 0.1) is 0 Å². The summed E-state index contributed by atoms with van der Waals surface area (Å²) in [6, 6.07) is 3.91. The zero-order valence-electron chi connectivity index (χ0n) is 28.5. The molecule has 50 heavy (non-hydrogen) atoms. The lowest BCUT2D eigenvalue weighted by Gasteiger charge is -2.27. The molecular weight excluding hydrogens is 773 g/mol. The first-order chi connectivity index (χ1) is 24.5. The summed E-state index contributed by atoms with van der Waals surface area (Å²) in [6.45, 7) is 9.25.